The second-order valence-electron chi connectivity index (χ2n) is 4.06. The van der Waals surface area contributed by atoms with Gasteiger partial charge in [-0.05, 0) is 12.5 Å². The average molecular weight is 287 g/mol. The minimum atomic E-state index is 0.250. The van der Waals surface area contributed by atoms with Crippen molar-refractivity contribution < 1.29 is 14.6 Å². The number of ether oxygens (including phenoxy) is 2. The lowest BCUT2D eigenvalue weighted by molar-refractivity contribution is 0.318. The number of methoxy groups -OCH3 is 2. The molecule has 1 N–H and O–H groups in total. The van der Waals surface area contributed by atoms with E-state index in [9.17, 15) is 0 Å². The summed E-state index contributed by atoms with van der Waals surface area (Å²) in [5.74, 6) is 1.46. The predicted molar refractivity (Wildman–Crippen MR) is 86.0 cm³/mol. The van der Waals surface area contributed by atoms with Crippen molar-refractivity contribution >= 4 is 11.9 Å². The third-order valence-corrected chi connectivity index (χ3v) is 2.50. The van der Waals surface area contributed by atoms with E-state index in [4.69, 9.17) is 14.6 Å². The largest absolute Gasteiger partial charge is 0.497 e. The molecule has 112 valence electrons. The number of aliphatic hydroxyl groups excluding tert-OH is 1. The Morgan fingerprint density at radius 2 is 1.52 bits per heavy atom. The maximum absolute atomic E-state index is 7.57. The Bertz CT molecular complexity index is 531. The van der Waals surface area contributed by atoms with E-state index in [1.54, 1.807) is 21.1 Å². The van der Waals surface area contributed by atoms with E-state index in [1.807, 2.05) is 54.7 Å². The van der Waals surface area contributed by atoms with Crippen molar-refractivity contribution in [3.63, 3.8) is 0 Å². The Morgan fingerprint density at radius 3 is 2.00 bits per heavy atom. The van der Waals surface area contributed by atoms with Crippen LogP contribution in [0.5, 0.6) is 11.5 Å². The first-order chi connectivity index (χ1) is 10.2. The van der Waals surface area contributed by atoms with Crippen molar-refractivity contribution in [1.82, 2.24) is 0 Å². The Labute approximate surface area is 125 Å². The quantitative estimate of drug-likeness (QED) is 0.876. The van der Waals surface area contributed by atoms with Gasteiger partial charge in [0.2, 0.25) is 0 Å². The predicted octanol–water partition coefficient (Wildman–Crippen LogP) is 3.45. The topological polar surface area (TPSA) is 51.0 Å². The summed E-state index contributed by atoms with van der Waals surface area (Å²) < 4.78 is 10.4. The van der Waals surface area contributed by atoms with Crippen LogP contribution in [0.25, 0.3) is 0 Å². The molecule has 2 aromatic rings. The fourth-order valence-corrected chi connectivity index (χ4v) is 1.56. The van der Waals surface area contributed by atoms with Gasteiger partial charge in [-0.2, -0.15) is 0 Å². The second-order valence-corrected chi connectivity index (χ2v) is 4.06. The van der Waals surface area contributed by atoms with E-state index < -0.39 is 0 Å². The summed E-state index contributed by atoms with van der Waals surface area (Å²) in [6.45, 7) is 1.93. The van der Waals surface area contributed by atoms with Crippen LogP contribution < -0.4 is 9.47 Å². The molecule has 4 heteroatoms. The average Bonchev–Trinajstić information content (AvgIpc) is 2.54. The van der Waals surface area contributed by atoms with Crippen LogP contribution in [0.15, 0.2) is 53.5 Å². The second kappa shape index (κ2) is 9.55. The number of nitrogens with zero attached hydrogens (tertiary/aromatic N) is 1. The van der Waals surface area contributed by atoms with Crippen LogP contribution in [0, 0.1) is 0 Å². The molecular weight excluding hydrogens is 266 g/mol. The van der Waals surface area contributed by atoms with Gasteiger partial charge in [-0.25, -0.2) is 0 Å². The molecule has 21 heavy (non-hydrogen) atoms. The number of aliphatic hydroxyl groups is 1. The minimum Gasteiger partial charge on any atom is -0.497 e. The number of rotatable bonds is 4. The molecular formula is C17H21NO3. The molecule has 0 aliphatic heterocycles. The van der Waals surface area contributed by atoms with Crippen LogP contribution in [0.1, 0.15) is 12.5 Å². The maximum Gasteiger partial charge on any atom is 0.124 e. The molecule has 0 atom stereocenters. The Morgan fingerprint density at radius 1 is 1.00 bits per heavy atom. The first-order valence-corrected chi connectivity index (χ1v) is 6.66. The molecule has 0 aliphatic carbocycles. The molecule has 0 bridgehead atoms. The molecule has 0 aromatic heterocycles. The van der Waals surface area contributed by atoms with E-state index in [0.717, 1.165) is 22.7 Å². The van der Waals surface area contributed by atoms with Crippen LogP contribution >= 0.6 is 0 Å². The highest BCUT2D eigenvalue weighted by Crippen LogP contribution is 2.27. The van der Waals surface area contributed by atoms with Gasteiger partial charge < -0.3 is 14.6 Å². The fraction of sp³-hybridized carbons (Fsp3) is 0.235. The zero-order valence-corrected chi connectivity index (χ0v) is 12.6. The zero-order chi connectivity index (χ0) is 15.5. The highest BCUT2D eigenvalue weighted by atomic mass is 16.5. The Kier molecular flexibility index (Phi) is 7.61. The number of hydrogen-bond acceptors (Lipinski definition) is 4. The molecule has 2 rings (SSSR count). The molecule has 4 nitrogen and oxygen atoms in total. The third kappa shape index (κ3) is 6.10. The molecule has 2 aromatic carbocycles. The first kappa shape index (κ1) is 16.7. The normalized spacial score (nSPS) is 9.90. The Hall–Kier alpha value is -2.33. The highest BCUT2D eigenvalue weighted by molar-refractivity contribution is 5.82. The summed E-state index contributed by atoms with van der Waals surface area (Å²) in [5.41, 5.74) is 1.86. The van der Waals surface area contributed by atoms with Gasteiger partial charge in [-0.3, -0.25) is 4.99 Å². The van der Waals surface area contributed by atoms with Gasteiger partial charge in [0.1, 0.15) is 11.5 Å². The van der Waals surface area contributed by atoms with Gasteiger partial charge in [-0.15, -0.1) is 0 Å². The van der Waals surface area contributed by atoms with Crippen LogP contribution in [0.3, 0.4) is 0 Å². The molecule has 0 amide bonds. The smallest absolute Gasteiger partial charge is 0.124 e. The van der Waals surface area contributed by atoms with Gasteiger partial charge in [0.05, 0.1) is 19.9 Å². The van der Waals surface area contributed by atoms with E-state index in [2.05, 4.69) is 4.99 Å². The monoisotopic (exact) mass is 287 g/mol. The standard InChI is InChI=1S/C15H15NO2.C2H6O/c1-17-14-8-13(9-15(10-14)18-2)16-11-12-6-4-3-5-7-12;1-2-3/h3-11H,1-2H3;3H,2H2,1H3. The third-order valence-electron chi connectivity index (χ3n) is 2.50. The first-order valence-electron chi connectivity index (χ1n) is 6.66. The van der Waals surface area contributed by atoms with Crippen molar-refractivity contribution in [3.05, 3.63) is 54.1 Å². The van der Waals surface area contributed by atoms with Crippen LogP contribution in [-0.2, 0) is 0 Å². The van der Waals surface area contributed by atoms with Gasteiger partial charge in [0.25, 0.3) is 0 Å². The SMILES string of the molecule is CCO.COc1cc(N=Cc2ccccc2)cc(OC)c1. The van der Waals surface area contributed by atoms with Gasteiger partial charge in [0, 0.05) is 31.0 Å². The number of benzene rings is 2. The summed E-state index contributed by atoms with van der Waals surface area (Å²) in [6, 6.07) is 15.5. The van der Waals surface area contributed by atoms with Gasteiger partial charge in [0.15, 0.2) is 0 Å². The summed E-state index contributed by atoms with van der Waals surface area (Å²) in [7, 11) is 3.25. The van der Waals surface area contributed by atoms with E-state index in [1.165, 1.54) is 0 Å². The number of hydrogen-bond donors (Lipinski definition) is 1. The van der Waals surface area contributed by atoms with Crippen LogP contribution in [0.2, 0.25) is 0 Å². The molecule has 0 spiro atoms. The summed E-state index contributed by atoms with van der Waals surface area (Å²) in [6.07, 6.45) is 1.81. The summed E-state index contributed by atoms with van der Waals surface area (Å²) in [5, 5.41) is 7.57. The van der Waals surface area contributed by atoms with Crippen LogP contribution in [-0.4, -0.2) is 32.1 Å². The zero-order valence-electron chi connectivity index (χ0n) is 12.6. The lowest BCUT2D eigenvalue weighted by atomic mass is 10.2. The van der Waals surface area contributed by atoms with E-state index in [-0.39, 0.29) is 6.61 Å². The molecule has 0 heterocycles. The summed E-state index contributed by atoms with van der Waals surface area (Å²) in [4.78, 5) is 4.41. The molecule has 0 saturated carbocycles. The molecule has 0 radical (unpaired) electrons. The van der Waals surface area contributed by atoms with Gasteiger partial charge in [-0.1, -0.05) is 30.3 Å². The number of aliphatic imine (C=N–C) groups is 1. The lowest BCUT2D eigenvalue weighted by Gasteiger charge is -2.05. The Balaban J connectivity index is 0.000000677. The van der Waals surface area contributed by atoms with Crippen molar-refractivity contribution in [2.75, 3.05) is 20.8 Å². The molecule has 0 fully saturated rings. The minimum absolute atomic E-state index is 0.250. The van der Waals surface area contributed by atoms with Crippen molar-refractivity contribution in [2.45, 2.75) is 6.92 Å². The summed E-state index contributed by atoms with van der Waals surface area (Å²) >= 11 is 0. The van der Waals surface area contributed by atoms with E-state index >= 15 is 0 Å². The van der Waals surface area contributed by atoms with Crippen molar-refractivity contribution in [2.24, 2.45) is 4.99 Å². The van der Waals surface area contributed by atoms with Crippen LogP contribution in [0.4, 0.5) is 5.69 Å². The molecule has 0 unspecified atom stereocenters. The van der Waals surface area contributed by atoms with E-state index in [0.29, 0.717) is 0 Å². The van der Waals surface area contributed by atoms with Crippen molar-refractivity contribution in [3.8, 4) is 11.5 Å². The highest BCUT2D eigenvalue weighted by Gasteiger charge is 1.99. The van der Waals surface area contributed by atoms with Gasteiger partial charge >= 0.3 is 0 Å². The lowest BCUT2D eigenvalue weighted by Crippen LogP contribution is -1.86. The fourth-order valence-electron chi connectivity index (χ4n) is 1.56. The maximum atomic E-state index is 7.57. The van der Waals surface area contributed by atoms with Crippen molar-refractivity contribution in [1.29, 1.82) is 0 Å². The molecule has 0 saturated heterocycles. The molecule has 0 aliphatic rings.